The van der Waals surface area contributed by atoms with Crippen molar-refractivity contribution in [1.29, 1.82) is 0 Å². The molecule has 0 saturated heterocycles. The molecule has 4 N–H and O–H groups in total. The Morgan fingerprint density at radius 2 is 1.92 bits per heavy atom. The molecule has 0 amide bonds. The number of carbonyl (C=O) groups is 1. The van der Waals surface area contributed by atoms with Crippen LogP contribution in [0.2, 0.25) is 0 Å². The van der Waals surface area contributed by atoms with Crippen molar-refractivity contribution in [2.24, 2.45) is 0 Å². The van der Waals surface area contributed by atoms with Crippen LogP contribution in [0, 0.1) is 0 Å². The summed E-state index contributed by atoms with van der Waals surface area (Å²) in [5, 5.41) is 34.9. The fraction of sp³-hybridized carbons (Fsp3) is 0.833. The molecule has 0 spiro atoms. The summed E-state index contributed by atoms with van der Waals surface area (Å²) < 4.78 is 4.09. The first kappa shape index (κ1) is 11.3. The molecule has 0 aliphatic rings. The van der Waals surface area contributed by atoms with Crippen molar-refractivity contribution in [2.75, 3.05) is 13.7 Å². The predicted octanol–water partition coefficient (Wildman–Crippen LogP) is -2.77. The first-order chi connectivity index (χ1) is 5.54. The van der Waals surface area contributed by atoms with Gasteiger partial charge in [-0.1, -0.05) is 0 Å². The molecule has 0 fully saturated rings. The fourth-order valence-corrected chi connectivity index (χ4v) is 0.579. The number of ether oxygens (including phenoxy) is 1. The zero-order valence-corrected chi connectivity index (χ0v) is 6.54. The Kier molecular flexibility index (Phi) is 4.75. The summed E-state index contributed by atoms with van der Waals surface area (Å²) in [6.07, 6.45) is -5.13. The van der Waals surface area contributed by atoms with E-state index in [0.717, 1.165) is 7.11 Å². The van der Waals surface area contributed by atoms with Crippen LogP contribution in [0.25, 0.3) is 0 Å². The summed E-state index contributed by atoms with van der Waals surface area (Å²) in [6.45, 7) is -0.741. The standard InChI is InChI=1S/C6H12O6/c1-12-6(11)5(10)4(9)3(8)2-7/h3-5,7-10H,2H2,1H3/t3-,4-,5+/m0/s1. The van der Waals surface area contributed by atoms with E-state index in [1.807, 2.05) is 0 Å². The lowest BCUT2D eigenvalue weighted by atomic mass is 10.1. The molecular formula is C6H12O6. The van der Waals surface area contributed by atoms with E-state index in [-0.39, 0.29) is 0 Å². The molecular weight excluding hydrogens is 168 g/mol. The molecule has 0 saturated carbocycles. The Hall–Kier alpha value is -0.690. The van der Waals surface area contributed by atoms with Gasteiger partial charge in [0.05, 0.1) is 13.7 Å². The molecule has 6 nitrogen and oxygen atoms in total. The highest BCUT2D eigenvalue weighted by Crippen LogP contribution is 2.01. The van der Waals surface area contributed by atoms with Gasteiger partial charge in [-0.3, -0.25) is 0 Å². The Balaban J connectivity index is 4.08. The SMILES string of the molecule is COC(=O)[C@H](O)[C@@H](O)[C@@H](O)CO. The van der Waals surface area contributed by atoms with Crippen LogP contribution in [0.3, 0.4) is 0 Å². The molecule has 0 aromatic heterocycles. The summed E-state index contributed by atoms with van der Waals surface area (Å²) in [7, 11) is 1.03. The zero-order chi connectivity index (χ0) is 9.72. The van der Waals surface area contributed by atoms with Crippen LogP contribution >= 0.6 is 0 Å². The van der Waals surface area contributed by atoms with Crippen molar-refractivity contribution in [3.63, 3.8) is 0 Å². The van der Waals surface area contributed by atoms with Crippen LogP contribution in [0.15, 0.2) is 0 Å². The summed E-state index contributed by atoms with van der Waals surface area (Å²) in [4.78, 5) is 10.5. The lowest BCUT2D eigenvalue weighted by Gasteiger charge is -2.19. The topological polar surface area (TPSA) is 107 Å². The minimum absolute atomic E-state index is 0.741. The summed E-state index contributed by atoms with van der Waals surface area (Å²) >= 11 is 0. The van der Waals surface area contributed by atoms with Gasteiger partial charge in [0.25, 0.3) is 0 Å². The Bertz CT molecular complexity index is 147. The van der Waals surface area contributed by atoms with Crippen LogP contribution < -0.4 is 0 Å². The number of aliphatic hydroxyl groups is 4. The lowest BCUT2D eigenvalue weighted by molar-refractivity contribution is -0.162. The third-order valence-corrected chi connectivity index (χ3v) is 1.35. The molecule has 0 aromatic rings. The van der Waals surface area contributed by atoms with E-state index in [4.69, 9.17) is 20.4 Å². The summed E-state index contributed by atoms with van der Waals surface area (Å²) in [6, 6.07) is 0. The van der Waals surface area contributed by atoms with Gasteiger partial charge in [-0.25, -0.2) is 4.79 Å². The van der Waals surface area contributed by atoms with E-state index in [2.05, 4.69) is 4.74 Å². The highest BCUT2D eigenvalue weighted by molar-refractivity contribution is 5.74. The van der Waals surface area contributed by atoms with Gasteiger partial charge in [0.15, 0.2) is 6.10 Å². The number of aliphatic hydroxyl groups excluding tert-OH is 4. The van der Waals surface area contributed by atoms with Crippen molar-refractivity contribution in [3.05, 3.63) is 0 Å². The van der Waals surface area contributed by atoms with Crippen LogP contribution in [0.1, 0.15) is 0 Å². The molecule has 72 valence electrons. The second kappa shape index (κ2) is 5.04. The number of rotatable bonds is 4. The lowest BCUT2D eigenvalue weighted by Crippen LogP contribution is -2.44. The molecule has 0 rings (SSSR count). The summed E-state index contributed by atoms with van der Waals surface area (Å²) in [5.41, 5.74) is 0. The maximum absolute atomic E-state index is 10.5. The van der Waals surface area contributed by atoms with Gasteiger partial charge in [-0.2, -0.15) is 0 Å². The monoisotopic (exact) mass is 180 g/mol. The van der Waals surface area contributed by atoms with Gasteiger partial charge >= 0.3 is 5.97 Å². The molecule has 0 bridgehead atoms. The first-order valence-corrected chi connectivity index (χ1v) is 3.27. The minimum atomic E-state index is -1.84. The second-order valence-corrected chi connectivity index (χ2v) is 2.21. The van der Waals surface area contributed by atoms with Gasteiger partial charge in [0, 0.05) is 0 Å². The van der Waals surface area contributed by atoms with Crippen LogP contribution in [0.5, 0.6) is 0 Å². The third kappa shape index (κ3) is 2.74. The molecule has 0 aliphatic heterocycles. The van der Waals surface area contributed by atoms with E-state index in [9.17, 15) is 4.79 Å². The maximum atomic E-state index is 10.5. The summed E-state index contributed by atoms with van der Waals surface area (Å²) in [5.74, 6) is -1.06. The average molecular weight is 180 g/mol. The highest BCUT2D eigenvalue weighted by atomic mass is 16.5. The van der Waals surface area contributed by atoms with Crippen molar-refractivity contribution < 1.29 is 30.0 Å². The van der Waals surface area contributed by atoms with E-state index < -0.39 is 30.9 Å². The molecule has 0 heterocycles. The molecule has 0 aromatic carbocycles. The first-order valence-electron chi connectivity index (χ1n) is 3.27. The fourth-order valence-electron chi connectivity index (χ4n) is 0.579. The number of methoxy groups -OCH3 is 1. The van der Waals surface area contributed by atoms with E-state index in [0.29, 0.717) is 0 Å². The van der Waals surface area contributed by atoms with Crippen LogP contribution in [-0.4, -0.2) is 58.4 Å². The third-order valence-electron chi connectivity index (χ3n) is 1.35. The Morgan fingerprint density at radius 3 is 2.25 bits per heavy atom. The quantitative estimate of drug-likeness (QED) is 0.349. The van der Waals surface area contributed by atoms with E-state index >= 15 is 0 Å². The predicted molar refractivity (Wildman–Crippen MR) is 37.1 cm³/mol. The van der Waals surface area contributed by atoms with Crippen molar-refractivity contribution >= 4 is 5.97 Å². The minimum Gasteiger partial charge on any atom is -0.467 e. The Labute approximate surface area is 69.0 Å². The van der Waals surface area contributed by atoms with Gasteiger partial charge in [-0.15, -0.1) is 0 Å². The molecule has 0 unspecified atom stereocenters. The molecule has 0 radical (unpaired) electrons. The molecule has 6 heteroatoms. The number of hydrogen-bond donors (Lipinski definition) is 4. The van der Waals surface area contributed by atoms with Crippen LogP contribution in [-0.2, 0) is 9.53 Å². The van der Waals surface area contributed by atoms with Gasteiger partial charge in [0.1, 0.15) is 12.2 Å². The number of carbonyl (C=O) groups excluding carboxylic acids is 1. The Morgan fingerprint density at radius 1 is 1.42 bits per heavy atom. The van der Waals surface area contributed by atoms with E-state index in [1.165, 1.54) is 0 Å². The second-order valence-electron chi connectivity index (χ2n) is 2.21. The van der Waals surface area contributed by atoms with Crippen molar-refractivity contribution in [3.8, 4) is 0 Å². The van der Waals surface area contributed by atoms with Gasteiger partial charge in [-0.05, 0) is 0 Å². The number of hydrogen-bond acceptors (Lipinski definition) is 6. The van der Waals surface area contributed by atoms with E-state index in [1.54, 1.807) is 0 Å². The van der Waals surface area contributed by atoms with Gasteiger partial charge in [0.2, 0.25) is 0 Å². The van der Waals surface area contributed by atoms with Crippen molar-refractivity contribution in [1.82, 2.24) is 0 Å². The molecule has 3 atom stereocenters. The maximum Gasteiger partial charge on any atom is 0.337 e. The largest absolute Gasteiger partial charge is 0.467 e. The van der Waals surface area contributed by atoms with Crippen molar-refractivity contribution in [2.45, 2.75) is 18.3 Å². The smallest absolute Gasteiger partial charge is 0.337 e. The molecule has 0 aliphatic carbocycles. The highest BCUT2D eigenvalue weighted by Gasteiger charge is 2.30. The number of esters is 1. The molecule has 12 heavy (non-hydrogen) atoms. The van der Waals surface area contributed by atoms with Crippen LogP contribution in [0.4, 0.5) is 0 Å². The average Bonchev–Trinajstić information content (AvgIpc) is 2.12. The normalized spacial score (nSPS) is 18.1. The zero-order valence-electron chi connectivity index (χ0n) is 6.54. The van der Waals surface area contributed by atoms with Gasteiger partial charge < -0.3 is 25.2 Å².